The molecule has 1 N–H and O–H groups in total. The van der Waals surface area contributed by atoms with Gasteiger partial charge in [0.25, 0.3) is 5.69 Å². The quantitative estimate of drug-likeness (QED) is 0.522. The molecule has 6 nitrogen and oxygen atoms in total. The number of nitrogens with zero attached hydrogens (tertiary/aromatic N) is 2. The van der Waals surface area contributed by atoms with Gasteiger partial charge in [0.15, 0.2) is 0 Å². The Kier molecular flexibility index (Phi) is 4.77. The van der Waals surface area contributed by atoms with E-state index in [0.717, 1.165) is 25.7 Å². The number of benzene rings is 1. The van der Waals surface area contributed by atoms with E-state index in [9.17, 15) is 20.0 Å². The summed E-state index contributed by atoms with van der Waals surface area (Å²) in [5.41, 5.74) is 0.478. The molecular formula is C15H20N2O4. The molecule has 1 aromatic rings. The van der Waals surface area contributed by atoms with Gasteiger partial charge in [0.1, 0.15) is 0 Å². The summed E-state index contributed by atoms with van der Waals surface area (Å²) in [6.45, 7) is 0. The van der Waals surface area contributed by atoms with Gasteiger partial charge in [0.05, 0.1) is 16.2 Å². The van der Waals surface area contributed by atoms with Crippen LogP contribution in [-0.2, 0) is 0 Å². The van der Waals surface area contributed by atoms with Crippen molar-refractivity contribution >= 4 is 17.3 Å². The highest BCUT2D eigenvalue weighted by atomic mass is 16.6. The molecule has 0 unspecified atom stereocenters. The van der Waals surface area contributed by atoms with E-state index in [-0.39, 0.29) is 17.3 Å². The number of aromatic carboxylic acids is 1. The van der Waals surface area contributed by atoms with E-state index in [2.05, 4.69) is 0 Å². The molecule has 0 aromatic heterocycles. The van der Waals surface area contributed by atoms with Crippen LogP contribution in [0.15, 0.2) is 18.2 Å². The van der Waals surface area contributed by atoms with Gasteiger partial charge in [-0.2, -0.15) is 0 Å². The van der Waals surface area contributed by atoms with Crippen LogP contribution >= 0.6 is 0 Å². The lowest BCUT2D eigenvalue weighted by molar-refractivity contribution is -0.384. The third-order valence-electron chi connectivity index (χ3n) is 4.17. The number of carbonyl (C=O) groups is 1. The van der Waals surface area contributed by atoms with Gasteiger partial charge in [0, 0.05) is 25.2 Å². The molecule has 6 heteroatoms. The van der Waals surface area contributed by atoms with E-state index in [1.807, 2.05) is 11.9 Å². The van der Waals surface area contributed by atoms with E-state index in [0.29, 0.717) is 5.69 Å². The zero-order valence-corrected chi connectivity index (χ0v) is 12.1. The fourth-order valence-corrected chi connectivity index (χ4v) is 2.95. The van der Waals surface area contributed by atoms with Crippen LogP contribution in [0.25, 0.3) is 0 Å². The fourth-order valence-electron chi connectivity index (χ4n) is 2.95. The molecule has 2 rings (SSSR count). The fraction of sp³-hybridized carbons (Fsp3) is 0.533. The monoisotopic (exact) mass is 292 g/mol. The van der Waals surface area contributed by atoms with E-state index < -0.39 is 10.9 Å². The summed E-state index contributed by atoms with van der Waals surface area (Å²) in [5.74, 6) is -1.06. The van der Waals surface area contributed by atoms with Crippen LogP contribution in [-0.4, -0.2) is 29.1 Å². The second-order valence-corrected chi connectivity index (χ2v) is 5.52. The first-order valence-electron chi connectivity index (χ1n) is 7.25. The van der Waals surface area contributed by atoms with Gasteiger partial charge in [-0.25, -0.2) is 4.79 Å². The summed E-state index contributed by atoms with van der Waals surface area (Å²) in [6.07, 6.45) is 6.63. The Morgan fingerprint density at radius 1 is 1.29 bits per heavy atom. The van der Waals surface area contributed by atoms with Crippen molar-refractivity contribution in [3.63, 3.8) is 0 Å². The van der Waals surface area contributed by atoms with Gasteiger partial charge in [-0.1, -0.05) is 25.7 Å². The summed E-state index contributed by atoms with van der Waals surface area (Å²) in [7, 11) is 1.83. The standard InChI is InChI=1S/C15H20N2O4/c1-16(11-6-4-2-3-5-7-11)14-10-12(17(20)21)8-9-13(14)15(18)19/h8-11H,2-7H2,1H3,(H,18,19). The average molecular weight is 292 g/mol. The predicted molar refractivity (Wildman–Crippen MR) is 79.9 cm³/mol. The van der Waals surface area contributed by atoms with Gasteiger partial charge in [0.2, 0.25) is 0 Å². The van der Waals surface area contributed by atoms with E-state index in [1.54, 1.807) is 0 Å². The predicted octanol–water partition coefficient (Wildman–Crippen LogP) is 3.45. The maximum atomic E-state index is 11.4. The van der Waals surface area contributed by atoms with Gasteiger partial charge in [-0.3, -0.25) is 10.1 Å². The number of nitro groups is 1. The molecule has 1 aliphatic rings. The SMILES string of the molecule is CN(c1cc([N+](=O)[O-])ccc1C(=O)O)C1CCCCCC1. The maximum absolute atomic E-state index is 11.4. The second kappa shape index (κ2) is 6.56. The smallest absolute Gasteiger partial charge is 0.337 e. The molecule has 0 amide bonds. The Labute approximate surface area is 123 Å². The molecule has 21 heavy (non-hydrogen) atoms. The van der Waals surface area contributed by atoms with Crippen LogP contribution in [0.2, 0.25) is 0 Å². The summed E-state index contributed by atoms with van der Waals surface area (Å²) in [5, 5.41) is 20.2. The molecule has 0 atom stereocenters. The number of hydrogen-bond donors (Lipinski definition) is 1. The molecule has 1 aromatic carbocycles. The summed E-state index contributed by atoms with van der Waals surface area (Å²) >= 11 is 0. The lowest BCUT2D eigenvalue weighted by Gasteiger charge is -2.30. The summed E-state index contributed by atoms with van der Waals surface area (Å²) in [4.78, 5) is 23.7. The molecule has 114 valence electrons. The molecule has 1 saturated carbocycles. The number of nitro benzene ring substituents is 1. The Morgan fingerprint density at radius 2 is 1.90 bits per heavy atom. The van der Waals surface area contributed by atoms with Gasteiger partial charge in [-0.15, -0.1) is 0 Å². The lowest BCUT2D eigenvalue weighted by atomic mass is 10.0. The van der Waals surface area contributed by atoms with Crippen LogP contribution in [0.3, 0.4) is 0 Å². The van der Waals surface area contributed by atoms with Crippen LogP contribution < -0.4 is 4.90 Å². The maximum Gasteiger partial charge on any atom is 0.337 e. The van der Waals surface area contributed by atoms with Gasteiger partial charge >= 0.3 is 5.97 Å². The van der Waals surface area contributed by atoms with Crippen LogP contribution in [0, 0.1) is 10.1 Å². The first-order valence-corrected chi connectivity index (χ1v) is 7.25. The molecule has 1 fully saturated rings. The molecule has 0 aliphatic heterocycles. The lowest BCUT2D eigenvalue weighted by Crippen LogP contribution is -2.32. The van der Waals surface area contributed by atoms with Gasteiger partial charge < -0.3 is 10.0 Å². The van der Waals surface area contributed by atoms with Crippen molar-refractivity contribution in [3.05, 3.63) is 33.9 Å². The first-order chi connectivity index (χ1) is 10.0. The zero-order chi connectivity index (χ0) is 15.4. The Hall–Kier alpha value is -2.11. The number of carboxylic acid groups (broad SMARTS) is 1. The minimum atomic E-state index is -1.06. The topological polar surface area (TPSA) is 83.7 Å². The molecular weight excluding hydrogens is 272 g/mol. The molecule has 0 heterocycles. The van der Waals surface area contributed by atoms with Crippen LogP contribution in [0.5, 0.6) is 0 Å². The van der Waals surface area contributed by atoms with Crippen molar-refractivity contribution in [1.82, 2.24) is 0 Å². The average Bonchev–Trinajstić information content (AvgIpc) is 2.74. The molecule has 0 radical (unpaired) electrons. The van der Waals surface area contributed by atoms with Crippen molar-refractivity contribution in [3.8, 4) is 0 Å². The normalized spacial score (nSPS) is 16.2. The van der Waals surface area contributed by atoms with E-state index in [4.69, 9.17) is 0 Å². The molecule has 1 aliphatic carbocycles. The molecule has 0 saturated heterocycles. The minimum Gasteiger partial charge on any atom is -0.478 e. The van der Waals surface area contributed by atoms with Crippen molar-refractivity contribution < 1.29 is 14.8 Å². The number of non-ortho nitro benzene ring substituents is 1. The number of rotatable bonds is 4. The summed E-state index contributed by atoms with van der Waals surface area (Å²) in [6, 6.07) is 4.18. The van der Waals surface area contributed by atoms with Crippen LogP contribution in [0.4, 0.5) is 11.4 Å². The number of anilines is 1. The van der Waals surface area contributed by atoms with Crippen molar-refractivity contribution in [2.45, 2.75) is 44.6 Å². The van der Waals surface area contributed by atoms with Crippen molar-refractivity contribution in [2.24, 2.45) is 0 Å². The molecule has 0 spiro atoms. The minimum absolute atomic E-state index is 0.0736. The highest BCUT2D eigenvalue weighted by molar-refractivity contribution is 5.95. The highest BCUT2D eigenvalue weighted by Gasteiger charge is 2.23. The Morgan fingerprint density at radius 3 is 2.43 bits per heavy atom. The second-order valence-electron chi connectivity index (χ2n) is 5.52. The van der Waals surface area contributed by atoms with Crippen molar-refractivity contribution in [1.29, 1.82) is 0 Å². The summed E-state index contributed by atoms with van der Waals surface area (Å²) < 4.78 is 0. The first kappa shape index (κ1) is 15.3. The Bertz CT molecular complexity index is 536. The number of hydrogen-bond acceptors (Lipinski definition) is 4. The zero-order valence-electron chi connectivity index (χ0n) is 12.1. The third kappa shape index (κ3) is 3.51. The van der Waals surface area contributed by atoms with Crippen LogP contribution in [0.1, 0.15) is 48.9 Å². The van der Waals surface area contributed by atoms with E-state index >= 15 is 0 Å². The van der Waals surface area contributed by atoms with E-state index in [1.165, 1.54) is 31.0 Å². The van der Waals surface area contributed by atoms with Gasteiger partial charge in [-0.05, 0) is 18.9 Å². The number of carboxylic acids is 1. The molecule has 0 bridgehead atoms. The highest BCUT2D eigenvalue weighted by Crippen LogP contribution is 2.30. The largest absolute Gasteiger partial charge is 0.478 e. The van der Waals surface area contributed by atoms with Crippen molar-refractivity contribution in [2.75, 3.05) is 11.9 Å². The third-order valence-corrected chi connectivity index (χ3v) is 4.17. The Balaban J connectivity index is 2.36.